The lowest BCUT2D eigenvalue weighted by Gasteiger charge is -2.09. The Morgan fingerprint density at radius 3 is 2.45 bits per heavy atom. The summed E-state index contributed by atoms with van der Waals surface area (Å²) in [5.74, 6) is 0.540. The number of carbonyl (C=O) groups is 1. The van der Waals surface area contributed by atoms with Crippen LogP contribution in [-0.2, 0) is 12.8 Å². The molecular weight excluding hydrogens is 385 g/mol. The fourth-order valence-electron chi connectivity index (χ4n) is 2.91. The Morgan fingerprint density at radius 1 is 0.931 bits per heavy atom. The van der Waals surface area contributed by atoms with Gasteiger partial charge in [0.05, 0.1) is 5.56 Å². The van der Waals surface area contributed by atoms with Crippen LogP contribution in [0, 0.1) is 5.82 Å². The van der Waals surface area contributed by atoms with E-state index in [1.807, 2.05) is 30.3 Å². The standard InChI is InChI=1S/C23H24FN3OS/c24-20-9-7-18(8-10-20)5-3-17-29-23-21(6-2-14-27-23)22(28)26-13-1-4-19-11-15-25-16-12-19/h2,6-12,14-16H,1,3-5,13,17H2,(H,26,28). The summed E-state index contributed by atoms with van der Waals surface area (Å²) in [7, 11) is 0. The molecule has 0 aliphatic heterocycles. The first-order chi connectivity index (χ1) is 14.2. The molecule has 0 bridgehead atoms. The molecule has 3 aromatic rings. The van der Waals surface area contributed by atoms with E-state index in [0.29, 0.717) is 12.1 Å². The second-order valence-corrected chi connectivity index (χ2v) is 7.73. The number of aryl methyl sites for hydroxylation is 2. The molecule has 6 heteroatoms. The van der Waals surface area contributed by atoms with Crippen molar-refractivity contribution in [3.8, 4) is 0 Å². The van der Waals surface area contributed by atoms with Crippen molar-refractivity contribution in [2.24, 2.45) is 0 Å². The first kappa shape index (κ1) is 21.0. The van der Waals surface area contributed by atoms with E-state index in [2.05, 4.69) is 15.3 Å². The zero-order chi connectivity index (χ0) is 20.3. The van der Waals surface area contributed by atoms with Crippen LogP contribution in [0.2, 0.25) is 0 Å². The van der Waals surface area contributed by atoms with Crippen LogP contribution < -0.4 is 5.32 Å². The molecule has 0 spiro atoms. The van der Waals surface area contributed by atoms with Gasteiger partial charge in [-0.3, -0.25) is 9.78 Å². The molecule has 2 heterocycles. The zero-order valence-electron chi connectivity index (χ0n) is 16.2. The van der Waals surface area contributed by atoms with Crippen LogP contribution in [0.25, 0.3) is 0 Å². The van der Waals surface area contributed by atoms with E-state index in [9.17, 15) is 9.18 Å². The summed E-state index contributed by atoms with van der Waals surface area (Å²) >= 11 is 1.58. The predicted molar refractivity (Wildman–Crippen MR) is 115 cm³/mol. The number of halogens is 1. The van der Waals surface area contributed by atoms with Crippen LogP contribution in [-0.4, -0.2) is 28.2 Å². The highest BCUT2D eigenvalue weighted by Crippen LogP contribution is 2.21. The third-order valence-corrected chi connectivity index (χ3v) is 5.55. The van der Waals surface area contributed by atoms with Crippen molar-refractivity contribution in [1.82, 2.24) is 15.3 Å². The van der Waals surface area contributed by atoms with Gasteiger partial charge < -0.3 is 5.32 Å². The molecule has 0 saturated heterocycles. The molecule has 0 radical (unpaired) electrons. The van der Waals surface area contributed by atoms with E-state index >= 15 is 0 Å². The maximum absolute atomic E-state index is 13.0. The third-order valence-electron chi connectivity index (χ3n) is 4.45. The number of carbonyl (C=O) groups excluding carboxylic acids is 1. The normalized spacial score (nSPS) is 10.7. The van der Waals surface area contributed by atoms with E-state index in [0.717, 1.165) is 42.0 Å². The summed E-state index contributed by atoms with van der Waals surface area (Å²) < 4.78 is 13.0. The SMILES string of the molecule is O=C(NCCCc1ccncc1)c1cccnc1SCCCc1ccc(F)cc1. The van der Waals surface area contributed by atoms with Crippen molar-refractivity contribution in [3.05, 3.63) is 89.6 Å². The van der Waals surface area contributed by atoms with Gasteiger partial charge in [-0.15, -0.1) is 11.8 Å². The third kappa shape index (κ3) is 6.98. The quantitative estimate of drug-likeness (QED) is 0.389. The van der Waals surface area contributed by atoms with Crippen molar-refractivity contribution >= 4 is 17.7 Å². The Labute approximate surface area is 175 Å². The van der Waals surface area contributed by atoms with Gasteiger partial charge in [0.2, 0.25) is 0 Å². The minimum Gasteiger partial charge on any atom is -0.352 e. The van der Waals surface area contributed by atoms with Crippen LogP contribution in [0.5, 0.6) is 0 Å². The molecule has 0 aliphatic rings. The molecule has 0 atom stereocenters. The molecule has 1 aromatic carbocycles. The number of aromatic nitrogens is 2. The number of pyridine rings is 2. The summed E-state index contributed by atoms with van der Waals surface area (Å²) in [6.45, 7) is 0.616. The van der Waals surface area contributed by atoms with Gasteiger partial charge in [0, 0.05) is 25.1 Å². The molecule has 0 unspecified atom stereocenters. The highest BCUT2D eigenvalue weighted by atomic mass is 32.2. The Kier molecular flexibility index (Phi) is 8.19. The van der Waals surface area contributed by atoms with Crippen molar-refractivity contribution in [1.29, 1.82) is 0 Å². The Balaban J connectivity index is 1.43. The van der Waals surface area contributed by atoms with Gasteiger partial charge in [0.15, 0.2) is 0 Å². The van der Waals surface area contributed by atoms with Gasteiger partial charge in [-0.1, -0.05) is 12.1 Å². The fourth-order valence-corrected chi connectivity index (χ4v) is 3.85. The van der Waals surface area contributed by atoms with Gasteiger partial charge in [-0.25, -0.2) is 9.37 Å². The molecule has 1 N–H and O–H groups in total. The molecule has 0 fully saturated rings. The number of benzene rings is 1. The Hall–Kier alpha value is -2.73. The molecule has 150 valence electrons. The molecule has 3 rings (SSSR count). The Bertz CT molecular complexity index is 904. The van der Waals surface area contributed by atoms with Crippen molar-refractivity contribution in [2.45, 2.75) is 30.7 Å². The lowest BCUT2D eigenvalue weighted by atomic mass is 10.1. The van der Waals surface area contributed by atoms with Gasteiger partial charge in [-0.2, -0.15) is 0 Å². The largest absolute Gasteiger partial charge is 0.352 e. The lowest BCUT2D eigenvalue weighted by molar-refractivity contribution is 0.0949. The highest BCUT2D eigenvalue weighted by molar-refractivity contribution is 7.99. The number of hydrogen-bond donors (Lipinski definition) is 1. The van der Waals surface area contributed by atoms with E-state index in [1.165, 1.54) is 17.7 Å². The molecule has 4 nitrogen and oxygen atoms in total. The maximum Gasteiger partial charge on any atom is 0.254 e. The fraction of sp³-hybridized carbons (Fsp3) is 0.261. The second-order valence-electron chi connectivity index (χ2n) is 6.65. The van der Waals surface area contributed by atoms with Crippen LogP contribution in [0.3, 0.4) is 0 Å². The van der Waals surface area contributed by atoms with E-state index in [4.69, 9.17) is 0 Å². The van der Waals surface area contributed by atoms with Crippen LogP contribution in [0.4, 0.5) is 4.39 Å². The monoisotopic (exact) mass is 409 g/mol. The highest BCUT2D eigenvalue weighted by Gasteiger charge is 2.12. The number of amides is 1. The van der Waals surface area contributed by atoms with Crippen LogP contribution in [0.1, 0.15) is 34.3 Å². The summed E-state index contributed by atoms with van der Waals surface area (Å²) in [5, 5.41) is 3.74. The average molecular weight is 410 g/mol. The topological polar surface area (TPSA) is 54.9 Å². The summed E-state index contributed by atoms with van der Waals surface area (Å²) in [6, 6.07) is 14.2. The molecule has 2 aromatic heterocycles. The number of thioether (sulfide) groups is 1. The minimum absolute atomic E-state index is 0.0890. The minimum atomic E-state index is -0.215. The number of nitrogens with one attached hydrogen (secondary N) is 1. The van der Waals surface area contributed by atoms with E-state index in [1.54, 1.807) is 36.4 Å². The summed E-state index contributed by atoms with van der Waals surface area (Å²) in [6.07, 6.45) is 8.85. The van der Waals surface area contributed by atoms with E-state index in [-0.39, 0.29) is 11.7 Å². The number of hydrogen-bond acceptors (Lipinski definition) is 4. The average Bonchev–Trinajstić information content (AvgIpc) is 2.76. The molecule has 1 amide bonds. The van der Waals surface area contributed by atoms with Crippen molar-refractivity contribution in [2.75, 3.05) is 12.3 Å². The maximum atomic E-state index is 13.0. The van der Waals surface area contributed by atoms with Crippen molar-refractivity contribution < 1.29 is 9.18 Å². The Morgan fingerprint density at radius 2 is 1.66 bits per heavy atom. The second kappa shape index (κ2) is 11.3. The molecule has 0 aliphatic carbocycles. The smallest absolute Gasteiger partial charge is 0.254 e. The molecule has 0 saturated carbocycles. The van der Waals surface area contributed by atoms with Gasteiger partial charge >= 0.3 is 0 Å². The van der Waals surface area contributed by atoms with Crippen LogP contribution in [0.15, 0.2) is 72.1 Å². The first-order valence-corrected chi connectivity index (χ1v) is 10.7. The lowest BCUT2D eigenvalue weighted by Crippen LogP contribution is -2.25. The summed E-state index contributed by atoms with van der Waals surface area (Å²) in [5.41, 5.74) is 2.94. The number of nitrogens with zero attached hydrogens (tertiary/aromatic N) is 2. The zero-order valence-corrected chi connectivity index (χ0v) is 17.0. The number of rotatable bonds is 10. The first-order valence-electron chi connectivity index (χ1n) is 9.72. The molecular formula is C23H24FN3OS. The van der Waals surface area contributed by atoms with Gasteiger partial charge in [0.1, 0.15) is 10.8 Å². The predicted octanol–water partition coefficient (Wildman–Crippen LogP) is 4.70. The van der Waals surface area contributed by atoms with Gasteiger partial charge in [-0.05, 0) is 79.0 Å². The molecule has 29 heavy (non-hydrogen) atoms. The van der Waals surface area contributed by atoms with Crippen molar-refractivity contribution in [3.63, 3.8) is 0 Å². The summed E-state index contributed by atoms with van der Waals surface area (Å²) in [4.78, 5) is 20.9. The van der Waals surface area contributed by atoms with E-state index < -0.39 is 0 Å². The van der Waals surface area contributed by atoms with Gasteiger partial charge in [0.25, 0.3) is 5.91 Å². The van der Waals surface area contributed by atoms with Crippen LogP contribution >= 0.6 is 11.8 Å².